The molecule has 18 heavy (non-hydrogen) atoms. The topological polar surface area (TPSA) is 38.0 Å². The molecule has 0 aliphatic rings. The number of nitrogens with one attached hydrogen (secondary N) is 1. The van der Waals surface area contributed by atoms with Crippen molar-refractivity contribution in [2.24, 2.45) is 5.84 Å². The largest absolute Gasteiger partial charge is 0.271 e. The molecule has 0 aliphatic heterocycles. The standard InChI is InChI=1S/C16H22N2/c1-2-3-8-16(18-17)12-13-9-10-14-6-4-5-7-15(14)11-13/h4-7,9-11,16,18H,2-3,8,12,17H2,1H3. The van der Waals surface area contributed by atoms with E-state index in [1.165, 1.54) is 29.2 Å². The second kappa shape index (κ2) is 6.53. The maximum absolute atomic E-state index is 5.62. The number of hydrazine groups is 1. The van der Waals surface area contributed by atoms with Gasteiger partial charge >= 0.3 is 0 Å². The van der Waals surface area contributed by atoms with E-state index in [1.54, 1.807) is 0 Å². The van der Waals surface area contributed by atoms with Gasteiger partial charge in [0.25, 0.3) is 0 Å². The van der Waals surface area contributed by atoms with Crippen LogP contribution in [0.15, 0.2) is 42.5 Å². The number of benzene rings is 2. The summed E-state index contributed by atoms with van der Waals surface area (Å²) < 4.78 is 0. The molecule has 2 aromatic rings. The molecular weight excluding hydrogens is 220 g/mol. The van der Waals surface area contributed by atoms with Crippen LogP contribution in [0.2, 0.25) is 0 Å². The molecular formula is C16H22N2. The van der Waals surface area contributed by atoms with Crippen LogP contribution >= 0.6 is 0 Å². The minimum Gasteiger partial charge on any atom is -0.271 e. The highest BCUT2D eigenvalue weighted by Gasteiger charge is 2.07. The van der Waals surface area contributed by atoms with E-state index in [1.807, 2.05) is 0 Å². The number of fused-ring (bicyclic) bond motifs is 1. The molecule has 0 spiro atoms. The molecule has 2 nitrogen and oxygen atoms in total. The lowest BCUT2D eigenvalue weighted by Crippen LogP contribution is -2.36. The third-order valence-electron chi connectivity index (χ3n) is 3.44. The number of hydrogen-bond donors (Lipinski definition) is 2. The predicted octanol–water partition coefficient (Wildman–Crippen LogP) is 3.40. The summed E-state index contributed by atoms with van der Waals surface area (Å²) in [6.07, 6.45) is 4.58. The average Bonchev–Trinajstić information content (AvgIpc) is 2.43. The number of rotatable bonds is 6. The molecule has 0 bridgehead atoms. The molecule has 0 fully saturated rings. The van der Waals surface area contributed by atoms with Crippen LogP contribution in [0, 0.1) is 0 Å². The van der Waals surface area contributed by atoms with Gasteiger partial charge in [0.15, 0.2) is 0 Å². The average molecular weight is 242 g/mol. The third kappa shape index (κ3) is 3.31. The molecule has 2 aromatic carbocycles. The molecule has 0 amide bonds. The predicted molar refractivity (Wildman–Crippen MR) is 78.3 cm³/mol. The summed E-state index contributed by atoms with van der Waals surface area (Å²) >= 11 is 0. The van der Waals surface area contributed by atoms with Crippen LogP contribution in [0.3, 0.4) is 0 Å². The second-order valence-corrected chi connectivity index (χ2v) is 4.89. The molecule has 0 aliphatic carbocycles. The molecule has 3 N–H and O–H groups in total. The minimum atomic E-state index is 0.381. The van der Waals surface area contributed by atoms with Gasteiger partial charge in [-0.3, -0.25) is 11.3 Å². The fourth-order valence-corrected chi connectivity index (χ4v) is 2.35. The van der Waals surface area contributed by atoms with Crippen LogP contribution in [0.5, 0.6) is 0 Å². The van der Waals surface area contributed by atoms with Gasteiger partial charge in [0.2, 0.25) is 0 Å². The first-order valence-electron chi connectivity index (χ1n) is 6.77. The van der Waals surface area contributed by atoms with Crippen LogP contribution in [0.1, 0.15) is 31.7 Å². The Morgan fingerprint density at radius 2 is 1.89 bits per heavy atom. The Hall–Kier alpha value is -1.38. The van der Waals surface area contributed by atoms with Gasteiger partial charge in [0, 0.05) is 6.04 Å². The van der Waals surface area contributed by atoms with E-state index < -0.39 is 0 Å². The smallest absolute Gasteiger partial charge is 0.0250 e. The first kappa shape index (κ1) is 13.1. The Kier molecular flexibility index (Phi) is 4.73. The van der Waals surface area contributed by atoms with Crippen molar-refractivity contribution in [2.75, 3.05) is 0 Å². The maximum Gasteiger partial charge on any atom is 0.0250 e. The van der Waals surface area contributed by atoms with Crippen molar-refractivity contribution in [3.63, 3.8) is 0 Å². The summed E-state index contributed by atoms with van der Waals surface area (Å²) in [5.41, 5.74) is 4.29. The van der Waals surface area contributed by atoms with Gasteiger partial charge in [-0.05, 0) is 29.2 Å². The monoisotopic (exact) mass is 242 g/mol. The summed E-state index contributed by atoms with van der Waals surface area (Å²) in [5.74, 6) is 5.62. The summed E-state index contributed by atoms with van der Waals surface area (Å²) in [6.45, 7) is 2.21. The molecule has 96 valence electrons. The summed E-state index contributed by atoms with van der Waals surface area (Å²) in [5, 5.41) is 2.60. The van der Waals surface area contributed by atoms with Gasteiger partial charge in [0.05, 0.1) is 0 Å². The molecule has 0 saturated carbocycles. The highest BCUT2D eigenvalue weighted by Crippen LogP contribution is 2.17. The summed E-state index contributed by atoms with van der Waals surface area (Å²) in [7, 11) is 0. The van der Waals surface area contributed by atoms with E-state index in [0.717, 1.165) is 12.8 Å². The zero-order valence-electron chi connectivity index (χ0n) is 11.0. The third-order valence-corrected chi connectivity index (χ3v) is 3.44. The minimum absolute atomic E-state index is 0.381. The molecule has 0 heterocycles. The van der Waals surface area contributed by atoms with E-state index in [4.69, 9.17) is 5.84 Å². The molecule has 1 atom stereocenters. The highest BCUT2D eigenvalue weighted by atomic mass is 15.2. The molecule has 0 saturated heterocycles. The quantitative estimate of drug-likeness (QED) is 0.602. The lowest BCUT2D eigenvalue weighted by atomic mass is 9.99. The van der Waals surface area contributed by atoms with Gasteiger partial charge < -0.3 is 0 Å². The Morgan fingerprint density at radius 3 is 2.61 bits per heavy atom. The molecule has 0 radical (unpaired) electrons. The van der Waals surface area contributed by atoms with Crippen LogP contribution in [-0.2, 0) is 6.42 Å². The Bertz CT molecular complexity index is 493. The maximum atomic E-state index is 5.62. The second-order valence-electron chi connectivity index (χ2n) is 4.89. The lowest BCUT2D eigenvalue weighted by Gasteiger charge is -2.15. The van der Waals surface area contributed by atoms with Crippen LogP contribution in [0.4, 0.5) is 0 Å². The fraction of sp³-hybridized carbons (Fsp3) is 0.375. The number of hydrogen-bond acceptors (Lipinski definition) is 2. The van der Waals surface area contributed by atoms with E-state index >= 15 is 0 Å². The van der Waals surface area contributed by atoms with Crippen LogP contribution in [0.25, 0.3) is 10.8 Å². The number of unbranched alkanes of at least 4 members (excludes halogenated alkanes) is 1. The normalized spacial score (nSPS) is 12.8. The van der Waals surface area contributed by atoms with E-state index in [2.05, 4.69) is 54.8 Å². The van der Waals surface area contributed by atoms with Crippen molar-refractivity contribution in [1.82, 2.24) is 5.43 Å². The molecule has 2 heteroatoms. The molecule has 1 unspecified atom stereocenters. The van der Waals surface area contributed by atoms with Crippen LogP contribution < -0.4 is 11.3 Å². The van der Waals surface area contributed by atoms with Crippen molar-refractivity contribution in [2.45, 2.75) is 38.6 Å². The Labute approximate surface area is 109 Å². The SMILES string of the molecule is CCCCC(Cc1ccc2ccccc2c1)NN. The van der Waals surface area contributed by atoms with E-state index in [9.17, 15) is 0 Å². The van der Waals surface area contributed by atoms with E-state index in [-0.39, 0.29) is 0 Å². The lowest BCUT2D eigenvalue weighted by molar-refractivity contribution is 0.474. The van der Waals surface area contributed by atoms with Gasteiger partial charge in [0.1, 0.15) is 0 Å². The van der Waals surface area contributed by atoms with Gasteiger partial charge in [-0.15, -0.1) is 0 Å². The fourth-order valence-electron chi connectivity index (χ4n) is 2.35. The molecule has 2 rings (SSSR count). The highest BCUT2D eigenvalue weighted by molar-refractivity contribution is 5.82. The first-order chi connectivity index (χ1) is 8.83. The van der Waals surface area contributed by atoms with Gasteiger partial charge in [-0.25, -0.2) is 0 Å². The van der Waals surface area contributed by atoms with E-state index in [0.29, 0.717) is 6.04 Å². The zero-order chi connectivity index (χ0) is 12.8. The van der Waals surface area contributed by atoms with Gasteiger partial charge in [-0.2, -0.15) is 0 Å². The first-order valence-corrected chi connectivity index (χ1v) is 6.77. The van der Waals surface area contributed by atoms with Crippen molar-refractivity contribution in [3.8, 4) is 0 Å². The zero-order valence-corrected chi connectivity index (χ0v) is 11.0. The van der Waals surface area contributed by atoms with Gasteiger partial charge in [-0.1, -0.05) is 62.2 Å². The van der Waals surface area contributed by atoms with Crippen molar-refractivity contribution in [1.29, 1.82) is 0 Å². The Balaban J connectivity index is 2.10. The van der Waals surface area contributed by atoms with Crippen molar-refractivity contribution in [3.05, 3.63) is 48.0 Å². The molecule has 0 aromatic heterocycles. The summed E-state index contributed by atoms with van der Waals surface area (Å²) in [4.78, 5) is 0. The summed E-state index contributed by atoms with van der Waals surface area (Å²) in [6, 6.07) is 15.5. The number of nitrogens with two attached hydrogens (primary N) is 1. The van der Waals surface area contributed by atoms with Crippen molar-refractivity contribution >= 4 is 10.8 Å². The van der Waals surface area contributed by atoms with Crippen LogP contribution in [-0.4, -0.2) is 6.04 Å². The Morgan fingerprint density at radius 1 is 1.11 bits per heavy atom. The van der Waals surface area contributed by atoms with Crippen molar-refractivity contribution < 1.29 is 0 Å².